The number of aliphatic hydroxyl groups is 1. The molecule has 1 heterocycles. The zero-order chi connectivity index (χ0) is 11.5. The Morgan fingerprint density at radius 3 is 2.44 bits per heavy atom. The van der Waals surface area contributed by atoms with Gasteiger partial charge in [0.25, 0.3) is 0 Å². The second-order valence-corrected chi connectivity index (χ2v) is 4.37. The molecule has 0 amide bonds. The Balaban J connectivity index is 2.27. The zero-order valence-corrected chi connectivity index (χ0v) is 10.6. The van der Waals surface area contributed by atoms with Gasteiger partial charge in [-0.2, -0.15) is 0 Å². The highest BCUT2D eigenvalue weighted by Crippen LogP contribution is 2.29. The van der Waals surface area contributed by atoms with Gasteiger partial charge < -0.3 is 9.52 Å². The third kappa shape index (κ3) is 2.20. The van der Waals surface area contributed by atoms with Crippen LogP contribution in [-0.2, 0) is 6.42 Å². The lowest BCUT2D eigenvalue weighted by molar-refractivity contribution is 0.218. The highest BCUT2D eigenvalue weighted by Gasteiger charge is 2.15. The number of furan rings is 1. The van der Waals surface area contributed by atoms with Crippen molar-refractivity contribution in [2.24, 2.45) is 0 Å². The Kier molecular flexibility index (Phi) is 3.46. The standard InChI is InChI=1S/C13H13BrO2/c1-2-9-3-5-10(6-4-9)12(15)11-7-8-16-13(11)14/h3-8,12,15H,2H2,1H3. The van der Waals surface area contributed by atoms with Gasteiger partial charge in [-0.05, 0) is 39.5 Å². The first-order chi connectivity index (χ1) is 7.72. The highest BCUT2D eigenvalue weighted by atomic mass is 79.9. The maximum absolute atomic E-state index is 10.1. The van der Waals surface area contributed by atoms with Crippen LogP contribution in [0.15, 0.2) is 45.7 Å². The first-order valence-electron chi connectivity index (χ1n) is 5.22. The van der Waals surface area contributed by atoms with Crippen molar-refractivity contribution >= 4 is 15.9 Å². The quantitative estimate of drug-likeness (QED) is 0.930. The monoisotopic (exact) mass is 280 g/mol. The minimum absolute atomic E-state index is 0.583. The Labute approximate surface area is 103 Å². The van der Waals surface area contributed by atoms with Gasteiger partial charge in [0, 0.05) is 5.56 Å². The normalized spacial score (nSPS) is 12.7. The number of rotatable bonds is 3. The van der Waals surface area contributed by atoms with Gasteiger partial charge in [0.15, 0.2) is 4.67 Å². The van der Waals surface area contributed by atoms with E-state index >= 15 is 0 Å². The van der Waals surface area contributed by atoms with Crippen LogP contribution in [0.3, 0.4) is 0 Å². The predicted octanol–water partition coefficient (Wildman–Crippen LogP) is 3.69. The van der Waals surface area contributed by atoms with Gasteiger partial charge in [-0.1, -0.05) is 31.2 Å². The largest absolute Gasteiger partial charge is 0.457 e. The molecule has 0 aliphatic rings. The molecule has 0 bridgehead atoms. The van der Waals surface area contributed by atoms with Gasteiger partial charge in [0.2, 0.25) is 0 Å². The Morgan fingerprint density at radius 2 is 1.94 bits per heavy atom. The van der Waals surface area contributed by atoms with Crippen LogP contribution < -0.4 is 0 Å². The van der Waals surface area contributed by atoms with Gasteiger partial charge in [-0.15, -0.1) is 0 Å². The zero-order valence-electron chi connectivity index (χ0n) is 8.98. The minimum atomic E-state index is -0.640. The molecule has 1 atom stereocenters. The number of benzene rings is 1. The third-order valence-corrected chi connectivity index (χ3v) is 3.29. The lowest BCUT2D eigenvalue weighted by atomic mass is 10.0. The van der Waals surface area contributed by atoms with E-state index in [1.54, 1.807) is 12.3 Å². The molecule has 1 N–H and O–H groups in total. The molecule has 0 spiro atoms. The van der Waals surface area contributed by atoms with Gasteiger partial charge in [-0.3, -0.25) is 0 Å². The van der Waals surface area contributed by atoms with Gasteiger partial charge >= 0.3 is 0 Å². The molecule has 0 aliphatic heterocycles. The summed E-state index contributed by atoms with van der Waals surface area (Å²) in [5.41, 5.74) is 2.89. The van der Waals surface area contributed by atoms with Gasteiger partial charge in [-0.25, -0.2) is 0 Å². The van der Waals surface area contributed by atoms with Crippen molar-refractivity contribution in [1.29, 1.82) is 0 Å². The van der Waals surface area contributed by atoms with Crippen LogP contribution in [0.2, 0.25) is 0 Å². The number of aryl methyl sites for hydroxylation is 1. The molecule has 0 saturated carbocycles. The molecule has 1 aromatic heterocycles. The van der Waals surface area contributed by atoms with E-state index in [1.807, 2.05) is 24.3 Å². The Bertz CT molecular complexity index is 459. The van der Waals surface area contributed by atoms with Crippen molar-refractivity contribution < 1.29 is 9.52 Å². The first-order valence-corrected chi connectivity index (χ1v) is 6.01. The van der Waals surface area contributed by atoms with Gasteiger partial charge in [0.05, 0.1) is 6.26 Å². The molecule has 16 heavy (non-hydrogen) atoms. The summed E-state index contributed by atoms with van der Waals surface area (Å²) in [5.74, 6) is 0. The topological polar surface area (TPSA) is 33.4 Å². The summed E-state index contributed by atoms with van der Waals surface area (Å²) < 4.78 is 5.69. The number of hydrogen-bond acceptors (Lipinski definition) is 2. The average Bonchev–Trinajstić information content (AvgIpc) is 2.75. The van der Waals surface area contributed by atoms with Crippen LogP contribution in [0, 0.1) is 0 Å². The molecule has 2 nitrogen and oxygen atoms in total. The minimum Gasteiger partial charge on any atom is -0.457 e. The highest BCUT2D eigenvalue weighted by molar-refractivity contribution is 9.10. The number of aliphatic hydroxyl groups excluding tert-OH is 1. The molecule has 2 aromatic rings. The average molecular weight is 281 g/mol. The van der Waals surface area contributed by atoms with Crippen LogP contribution in [0.25, 0.3) is 0 Å². The van der Waals surface area contributed by atoms with E-state index in [0.29, 0.717) is 4.67 Å². The lowest BCUT2D eigenvalue weighted by Crippen LogP contribution is -1.98. The van der Waals surface area contributed by atoms with Crippen molar-refractivity contribution in [2.45, 2.75) is 19.4 Å². The van der Waals surface area contributed by atoms with Crippen LogP contribution in [0.4, 0.5) is 0 Å². The maximum atomic E-state index is 10.1. The fourth-order valence-electron chi connectivity index (χ4n) is 1.61. The molecular weight excluding hydrogens is 268 g/mol. The van der Waals surface area contributed by atoms with Crippen LogP contribution in [0.5, 0.6) is 0 Å². The number of halogens is 1. The summed E-state index contributed by atoms with van der Waals surface area (Å²) in [6, 6.07) is 9.73. The molecule has 0 aliphatic carbocycles. The fourth-order valence-corrected chi connectivity index (χ4v) is 2.07. The Hall–Kier alpha value is -1.06. The Morgan fingerprint density at radius 1 is 1.25 bits per heavy atom. The van der Waals surface area contributed by atoms with E-state index in [-0.39, 0.29) is 0 Å². The van der Waals surface area contributed by atoms with E-state index in [9.17, 15) is 5.11 Å². The molecule has 3 heteroatoms. The summed E-state index contributed by atoms with van der Waals surface area (Å²) in [6.45, 7) is 2.11. The molecule has 0 saturated heterocycles. The predicted molar refractivity (Wildman–Crippen MR) is 66.3 cm³/mol. The van der Waals surface area contributed by atoms with Crippen LogP contribution >= 0.6 is 15.9 Å². The molecular formula is C13H13BrO2. The van der Waals surface area contributed by atoms with E-state index in [2.05, 4.69) is 22.9 Å². The maximum Gasteiger partial charge on any atom is 0.175 e. The summed E-state index contributed by atoms with van der Waals surface area (Å²) in [4.78, 5) is 0. The van der Waals surface area contributed by atoms with Crippen LogP contribution in [-0.4, -0.2) is 5.11 Å². The summed E-state index contributed by atoms with van der Waals surface area (Å²) in [5, 5.41) is 10.1. The summed E-state index contributed by atoms with van der Waals surface area (Å²) >= 11 is 3.27. The second-order valence-electron chi connectivity index (χ2n) is 3.65. The molecule has 2 rings (SSSR count). The molecule has 1 unspecified atom stereocenters. The number of hydrogen-bond donors (Lipinski definition) is 1. The lowest BCUT2D eigenvalue weighted by Gasteiger charge is -2.10. The first kappa shape index (κ1) is 11.4. The van der Waals surface area contributed by atoms with Crippen LogP contribution in [0.1, 0.15) is 29.7 Å². The van der Waals surface area contributed by atoms with Crippen molar-refractivity contribution in [3.63, 3.8) is 0 Å². The van der Waals surface area contributed by atoms with E-state index in [0.717, 1.165) is 17.5 Å². The van der Waals surface area contributed by atoms with Gasteiger partial charge in [0.1, 0.15) is 6.10 Å². The molecule has 0 fully saturated rings. The van der Waals surface area contributed by atoms with E-state index in [4.69, 9.17) is 4.42 Å². The van der Waals surface area contributed by atoms with Crippen molar-refractivity contribution in [3.8, 4) is 0 Å². The van der Waals surface area contributed by atoms with Crippen molar-refractivity contribution in [2.75, 3.05) is 0 Å². The second kappa shape index (κ2) is 4.85. The van der Waals surface area contributed by atoms with E-state index in [1.165, 1.54) is 5.56 Å². The summed E-state index contributed by atoms with van der Waals surface area (Å²) in [6.07, 6.45) is 1.92. The molecule has 0 radical (unpaired) electrons. The fraction of sp³-hybridized carbons (Fsp3) is 0.231. The smallest absolute Gasteiger partial charge is 0.175 e. The SMILES string of the molecule is CCc1ccc(C(O)c2ccoc2Br)cc1. The van der Waals surface area contributed by atoms with Crippen molar-refractivity contribution in [3.05, 3.63) is 58.0 Å². The molecule has 1 aromatic carbocycles. The molecule has 84 valence electrons. The summed E-state index contributed by atoms with van der Waals surface area (Å²) in [7, 11) is 0. The van der Waals surface area contributed by atoms with Crippen molar-refractivity contribution in [1.82, 2.24) is 0 Å². The van der Waals surface area contributed by atoms with E-state index < -0.39 is 6.10 Å². The third-order valence-electron chi connectivity index (χ3n) is 2.64.